The van der Waals surface area contributed by atoms with E-state index in [1.807, 2.05) is 37.3 Å². The number of para-hydroxylation sites is 1. The number of hydrogen-bond donors (Lipinski definition) is 3. The van der Waals surface area contributed by atoms with Crippen molar-refractivity contribution in [1.82, 2.24) is 20.5 Å². The van der Waals surface area contributed by atoms with Gasteiger partial charge in [0.1, 0.15) is 12.4 Å². The lowest BCUT2D eigenvalue weighted by molar-refractivity contribution is -0.120. The Bertz CT molecular complexity index is 1320. The molecule has 0 unspecified atom stereocenters. The van der Waals surface area contributed by atoms with Gasteiger partial charge < -0.3 is 30.3 Å². The van der Waals surface area contributed by atoms with Gasteiger partial charge in [-0.25, -0.2) is 4.79 Å². The van der Waals surface area contributed by atoms with E-state index in [-0.39, 0.29) is 67.8 Å². The third-order valence-electron chi connectivity index (χ3n) is 6.23. The van der Waals surface area contributed by atoms with Crippen LogP contribution < -0.4 is 20.3 Å². The zero-order chi connectivity index (χ0) is 27.8. The lowest BCUT2D eigenvalue weighted by Crippen LogP contribution is -2.50. The summed E-state index contributed by atoms with van der Waals surface area (Å²) in [6, 6.07) is 16.8. The maximum atomic E-state index is 13.7. The van der Waals surface area contributed by atoms with Crippen LogP contribution in [0.4, 0.5) is 10.5 Å². The topological polar surface area (TPSA) is 124 Å². The van der Waals surface area contributed by atoms with E-state index in [0.29, 0.717) is 17.1 Å². The van der Waals surface area contributed by atoms with Gasteiger partial charge in [-0.2, -0.15) is 0 Å². The minimum absolute atomic E-state index is 0.116. The third kappa shape index (κ3) is 7.04. The van der Waals surface area contributed by atoms with Crippen LogP contribution in [0.1, 0.15) is 28.5 Å². The second kappa shape index (κ2) is 13.1. The summed E-state index contributed by atoms with van der Waals surface area (Å²) in [6.45, 7) is 2.36. The minimum Gasteiger partial charge on any atom is -0.491 e. The van der Waals surface area contributed by atoms with Crippen LogP contribution >= 0.6 is 11.6 Å². The number of fused-ring (bicyclic) bond motifs is 1. The number of urea groups is 1. The SMILES string of the molecule is C[C@@H]1CN(C(=O)c2ccc(OCCO)cc2Cl)c2ccccc2CN1C(=O)NCC(=O)NCc1ccccn1. The van der Waals surface area contributed by atoms with Crippen molar-refractivity contribution in [2.45, 2.75) is 26.1 Å². The van der Waals surface area contributed by atoms with Gasteiger partial charge in [-0.3, -0.25) is 14.6 Å². The molecule has 1 aromatic heterocycles. The number of nitrogens with one attached hydrogen (secondary N) is 2. The summed E-state index contributed by atoms with van der Waals surface area (Å²) in [4.78, 5) is 46.5. The van der Waals surface area contributed by atoms with E-state index in [2.05, 4.69) is 15.6 Å². The van der Waals surface area contributed by atoms with Crippen molar-refractivity contribution in [1.29, 1.82) is 0 Å². The number of hydrogen-bond acceptors (Lipinski definition) is 6. The molecule has 0 aliphatic carbocycles. The molecule has 11 heteroatoms. The summed E-state index contributed by atoms with van der Waals surface area (Å²) < 4.78 is 5.39. The van der Waals surface area contributed by atoms with E-state index in [4.69, 9.17) is 21.4 Å². The average Bonchev–Trinajstić information content (AvgIpc) is 3.10. The van der Waals surface area contributed by atoms with E-state index in [0.717, 1.165) is 5.56 Å². The van der Waals surface area contributed by atoms with E-state index in [1.165, 1.54) is 6.07 Å². The second-order valence-corrected chi connectivity index (χ2v) is 9.40. The smallest absolute Gasteiger partial charge is 0.318 e. The normalized spacial score (nSPS) is 14.7. The van der Waals surface area contributed by atoms with Crippen molar-refractivity contribution in [3.63, 3.8) is 0 Å². The fourth-order valence-corrected chi connectivity index (χ4v) is 4.50. The molecule has 4 rings (SSSR count). The van der Waals surface area contributed by atoms with Crippen LogP contribution in [0.15, 0.2) is 66.9 Å². The number of ether oxygens (including phenoxy) is 1. The van der Waals surface area contributed by atoms with Crippen molar-refractivity contribution in [3.8, 4) is 5.75 Å². The highest BCUT2D eigenvalue weighted by Crippen LogP contribution is 2.31. The van der Waals surface area contributed by atoms with Crippen molar-refractivity contribution in [2.24, 2.45) is 0 Å². The van der Waals surface area contributed by atoms with Crippen LogP contribution in [0.3, 0.4) is 0 Å². The molecule has 1 atom stereocenters. The van der Waals surface area contributed by atoms with Crippen LogP contribution in [0, 0.1) is 0 Å². The van der Waals surface area contributed by atoms with Gasteiger partial charge >= 0.3 is 6.03 Å². The minimum atomic E-state index is -0.414. The molecule has 10 nitrogen and oxygen atoms in total. The largest absolute Gasteiger partial charge is 0.491 e. The molecule has 2 heterocycles. The van der Waals surface area contributed by atoms with Gasteiger partial charge in [0, 0.05) is 31.0 Å². The number of carbonyl (C=O) groups excluding carboxylic acids is 3. The monoisotopic (exact) mass is 551 g/mol. The highest BCUT2D eigenvalue weighted by molar-refractivity contribution is 6.34. The number of amides is 4. The Kier molecular flexibility index (Phi) is 9.35. The first-order valence-corrected chi connectivity index (χ1v) is 12.9. The molecule has 0 fully saturated rings. The number of carbonyl (C=O) groups is 3. The van der Waals surface area contributed by atoms with Gasteiger partial charge in [-0.05, 0) is 48.9 Å². The first-order chi connectivity index (χ1) is 18.9. The van der Waals surface area contributed by atoms with Gasteiger partial charge in [-0.15, -0.1) is 0 Å². The van der Waals surface area contributed by atoms with Gasteiger partial charge in [0.2, 0.25) is 5.91 Å². The number of aromatic nitrogens is 1. The van der Waals surface area contributed by atoms with Crippen LogP contribution in [0.25, 0.3) is 0 Å². The van der Waals surface area contributed by atoms with Crippen molar-refractivity contribution in [2.75, 3.05) is 31.2 Å². The van der Waals surface area contributed by atoms with Gasteiger partial charge in [-0.1, -0.05) is 35.9 Å². The quantitative estimate of drug-likeness (QED) is 0.395. The fourth-order valence-electron chi connectivity index (χ4n) is 4.25. The predicted molar refractivity (Wildman–Crippen MR) is 147 cm³/mol. The first-order valence-electron chi connectivity index (χ1n) is 12.5. The molecule has 204 valence electrons. The summed E-state index contributed by atoms with van der Waals surface area (Å²) >= 11 is 6.44. The molecule has 0 spiro atoms. The zero-order valence-corrected chi connectivity index (χ0v) is 22.2. The molecule has 0 saturated carbocycles. The molecular weight excluding hydrogens is 522 g/mol. The van der Waals surface area contributed by atoms with Crippen LogP contribution in [0.5, 0.6) is 5.75 Å². The van der Waals surface area contributed by atoms with Gasteiger partial charge in [0.15, 0.2) is 0 Å². The molecule has 0 radical (unpaired) electrons. The number of anilines is 1. The van der Waals surface area contributed by atoms with Crippen LogP contribution in [0.2, 0.25) is 5.02 Å². The van der Waals surface area contributed by atoms with Gasteiger partial charge in [0.25, 0.3) is 5.91 Å². The number of benzene rings is 2. The lowest BCUT2D eigenvalue weighted by atomic mass is 10.1. The van der Waals surface area contributed by atoms with Crippen molar-refractivity contribution in [3.05, 3.63) is 88.7 Å². The lowest BCUT2D eigenvalue weighted by Gasteiger charge is -2.29. The summed E-state index contributed by atoms with van der Waals surface area (Å²) in [7, 11) is 0. The molecule has 2 aromatic carbocycles. The molecule has 1 aliphatic rings. The van der Waals surface area contributed by atoms with E-state index in [1.54, 1.807) is 40.3 Å². The van der Waals surface area contributed by atoms with Crippen molar-refractivity contribution < 1.29 is 24.2 Å². The summed E-state index contributed by atoms with van der Waals surface area (Å²) in [5, 5.41) is 14.6. The first kappa shape index (κ1) is 27.9. The molecule has 0 bridgehead atoms. The van der Waals surface area contributed by atoms with Crippen molar-refractivity contribution >= 4 is 35.1 Å². The van der Waals surface area contributed by atoms with Gasteiger partial charge in [0.05, 0.1) is 36.0 Å². The Labute approximate surface area is 231 Å². The van der Waals surface area contributed by atoms with Crippen LogP contribution in [-0.2, 0) is 17.9 Å². The molecule has 3 aromatic rings. The number of aliphatic hydroxyl groups is 1. The summed E-state index contributed by atoms with van der Waals surface area (Å²) in [5.74, 6) is -0.207. The molecular formula is C28H30ClN5O5. The Balaban J connectivity index is 1.45. The average molecular weight is 552 g/mol. The highest BCUT2D eigenvalue weighted by atomic mass is 35.5. The third-order valence-corrected chi connectivity index (χ3v) is 6.54. The molecule has 4 amide bonds. The zero-order valence-electron chi connectivity index (χ0n) is 21.5. The number of aliphatic hydroxyl groups excluding tert-OH is 1. The Hall–Kier alpha value is -4.15. The molecule has 3 N–H and O–H groups in total. The predicted octanol–water partition coefficient (Wildman–Crippen LogP) is 2.98. The molecule has 0 saturated heterocycles. The number of pyridine rings is 1. The van der Waals surface area contributed by atoms with E-state index < -0.39 is 6.03 Å². The second-order valence-electron chi connectivity index (χ2n) is 8.99. The van der Waals surface area contributed by atoms with Crippen LogP contribution in [-0.4, -0.2) is 65.2 Å². The summed E-state index contributed by atoms with van der Waals surface area (Å²) in [6.07, 6.45) is 1.65. The number of nitrogens with zero attached hydrogens (tertiary/aromatic N) is 3. The molecule has 1 aliphatic heterocycles. The maximum absolute atomic E-state index is 13.7. The number of rotatable bonds is 8. The Morgan fingerprint density at radius 2 is 1.90 bits per heavy atom. The van der Waals surface area contributed by atoms with E-state index >= 15 is 0 Å². The fraction of sp³-hybridized carbons (Fsp3) is 0.286. The Morgan fingerprint density at radius 3 is 2.64 bits per heavy atom. The number of halogens is 1. The maximum Gasteiger partial charge on any atom is 0.318 e. The Morgan fingerprint density at radius 1 is 1.10 bits per heavy atom. The molecule has 39 heavy (non-hydrogen) atoms. The standard InChI is InChI=1S/C28H30ClN5O5/c1-19-17-34(27(37)23-10-9-22(14-24(23)29)39-13-12-35)25-8-3-2-6-20(25)18-33(19)28(38)32-16-26(36)31-15-21-7-4-5-11-30-21/h2-11,14,19,35H,12-13,15-18H2,1H3,(H,31,36)(H,32,38)/t19-/m1/s1. The van der Waals surface area contributed by atoms with E-state index in [9.17, 15) is 14.4 Å². The summed E-state index contributed by atoms with van der Waals surface area (Å²) in [5.41, 5.74) is 2.46. The highest BCUT2D eigenvalue weighted by Gasteiger charge is 2.32.